The molecule has 3 heterocycles. The Bertz CT molecular complexity index is 2760. The van der Waals surface area contributed by atoms with Crippen molar-refractivity contribution in [3.8, 4) is 45.3 Å². The maximum Gasteiger partial charge on any atom is 0.164 e. The first-order chi connectivity index (χ1) is 23.9. The molecule has 0 saturated carbocycles. The van der Waals surface area contributed by atoms with Crippen LogP contribution in [0.5, 0.6) is 0 Å². The number of nitrogens with zero attached hydrogens (tertiary/aromatic N) is 3. The van der Waals surface area contributed by atoms with E-state index in [0.717, 1.165) is 43.8 Å². The summed E-state index contributed by atoms with van der Waals surface area (Å²) >= 11 is 0. The molecule has 0 fully saturated rings. The van der Waals surface area contributed by atoms with Gasteiger partial charge in [0.2, 0.25) is 0 Å². The summed E-state index contributed by atoms with van der Waals surface area (Å²) in [6.07, 6.45) is 0. The highest BCUT2D eigenvalue weighted by molar-refractivity contribution is 6.14. The Morgan fingerprint density at radius 1 is 0.455 bits per heavy atom. The second kappa shape index (κ2) is 9.75. The van der Waals surface area contributed by atoms with Crippen LogP contribution in [0.1, 0.15) is 6.85 Å². The lowest BCUT2D eigenvalue weighted by Crippen LogP contribution is -2.00. The Morgan fingerprint density at radius 2 is 1.16 bits per heavy atom. The largest absolute Gasteiger partial charge is 0.456 e. The first-order valence-corrected chi connectivity index (χ1v) is 14.1. The number of hydrogen-bond acceptors (Lipinski definition) is 5. The first-order valence-electron chi connectivity index (χ1n) is 16.6. The zero-order chi connectivity index (χ0) is 33.4. The molecule has 0 aliphatic rings. The van der Waals surface area contributed by atoms with Gasteiger partial charge in [0.05, 0.1) is 6.85 Å². The lowest BCUT2D eigenvalue weighted by molar-refractivity contribution is 0.668. The molecule has 0 radical (unpaired) electrons. The van der Waals surface area contributed by atoms with E-state index in [4.69, 9.17) is 25.7 Å². The molecule has 0 amide bonds. The fourth-order valence-electron chi connectivity index (χ4n) is 5.84. The highest BCUT2D eigenvalue weighted by Gasteiger charge is 2.19. The fraction of sp³-hybridized carbons (Fsp3) is 0. The van der Waals surface area contributed by atoms with Crippen LogP contribution in [-0.2, 0) is 0 Å². The number of hydrogen-bond donors (Lipinski definition) is 0. The van der Waals surface area contributed by atoms with Gasteiger partial charge in [0, 0.05) is 43.8 Å². The summed E-state index contributed by atoms with van der Waals surface area (Å²) in [6.45, 7) is 0. The van der Waals surface area contributed by atoms with Gasteiger partial charge in [0.15, 0.2) is 17.5 Å². The molecule has 9 rings (SSSR count). The second-order valence-electron chi connectivity index (χ2n) is 10.4. The summed E-state index contributed by atoms with van der Waals surface area (Å²) in [5.41, 5.74) is 6.05. The normalized spacial score (nSPS) is 13.2. The van der Waals surface area contributed by atoms with Crippen molar-refractivity contribution in [3.05, 3.63) is 139 Å². The lowest BCUT2D eigenvalue weighted by Gasteiger charge is -2.09. The van der Waals surface area contributed by atoms with Crippen molar-refractivity contribution in [3.63, 3.8) is 0 Å². The van der Waals surface area contributed by atoms with Gasteiger partial charge in [-0.3, -0.25) is 0 Å². The Balaban J connectivity index is 1.26. The van der Waals surface area contributed by atoms with Crippen LogP contribution in [0.25, 0.3) is 89.2 Å². The molecule has 5 heteroatoms. The third-order valence-electron chi connectivity index (χ3n) is 7.84. The summed E-state index contributed by atoms with van der Waals surface area (Å²) in [5, 5.41) is 3.73. The average Bonchev–Trinajstić information content (AvgIpc) is 3.71. The number of para-hydroxylation sites is 2. The molecule has 0 aliphatic carbocycles. The molecule has 5 nitrogen and oxygen atoms in total. The zero-order valence-electron chi connectivity index (χ0n) is 28.1. The minimum atomic E-state index is -0.484. The monoisotopic (exact) mass is 570 g/mol. The fourth-order valence-corrected chi connectivity index (χ4v) is 5.84. The number of benzene rings is 6. The van der Waals surface area contributed by atoms with E-state index in [1.54, 1.807) is 0 Å². The maximum absolute atomic E-state index is 8.62. The molecule has 9 aromatic rings. The summed E-state index contributed by atoms with van der Waals surface area (Å²) in [6, 6.07) is 32.9. The molecule has 0 unspecified atom stereocenters. The van der Waals surface area contributed by atoms with Gasteiger partial charge in [-0.1, -0.05) is 115 Å². The maximum atomic E-state index is 8.62. The summed E-state index contributed by atoms with van der Waals surface area (Å²) < 4.78 is 54.5. The first kappa shape index (κ1) is 19.9. The zero-order valence-corrected chi connectivity index (χ0v) is 23.1. The third-order valence-corrected chi connectivity index (χ3v) is 7.84. The van der Waals surface area contributed by atoms with Crippen LogP contribution >= 0.6 is 0 Å². The van der Waals surface area contributed by atoms with Gasteiger partial charge in [-0.15, -0.1) is 0 Å². The molecule has 6 aromatic carbocycles. The van der Waals surface area contributed by atoms with Gasteiger partial charge in [0.1, 0.15) is 22.3 Å². The topological polar surface area (TPSA) is 65.0 Å². The molecule has 0 atom stereocenters. The summed E-state index contributed by atoms with van der Waals surface area (Å²) in [4.78, 5) is 14.2. The van der Waals surface area contributed by atoms with E-state index in [0.29, 0.717) is 28.1 Å². The van der Waals surface area contributed by atoms with Gasteiger partial charge in [0.25, 0.3) is 0 Å². The van der Waals surface area contributed by atoms with Crippen molar-refractivity contribution < 1.29 is 15.7 Å². The number of rotatable bonds is 4. The molecule has 0 bridgehead atoms. The lowest BCUT2D eigenvalue weighted by atomic mass is 10.00. The highest BCUT2D eigenvalue weighted by Crippen LogP contribution is 2.40. The van der Waals surface area contributed by atoms with Crippen LogP contribution in [0.3, 0.4) is 0 Å². The molecular formula is C39H23N3O2. The Labute approximate surface area is 259 Å². The minimum absolute atomic E-state index is 0.0214. The molecular weight excluding hydrogens is 542 g/mol. The summed E-state index contributed by atoms with van der Waals surface area (Å²) in [5.74, 6) is 0.561. The van der Waals surface area contributed by atoms with Gasteiger partial charge >= 0.3 is 0 Å². The van der Waals surface area contributed by atoms with Crippen molar-refractivity contribution >= 4 is 43.9 Å². The van der Waals surface area contributed by atoms with Crippen LogP contribution in [-0.4, -0.2) is 15.0 Å². The van der Waals surface area contributed by atoms with E-state index in [1.807, 2.05) is 97.1 Å². The molecule has 0 N–H and O–H groups in total. The van der Waals surface area contributed by atoms with E-state index in [1.165, 1.54) is 0 Å². The molecule has 0 spiro atoms. The highest BCUT2D eigenvalue weighted by atomic mass is 16.3. The number of furan rings is 2. The molecule has 0 saturated heterocycles. The predicted octanol–water partition coefficient (Wildman–Crippen LogP) is 10.3. The smallest absolute Gasteiger partial charge is 0.164 e. The molecule has 3 aromatic heterocycles. The van der Waals surface area contributed by atoms with Gasteiger partial charge in [-0.05, 0) is 29.8 Å². The van der Waals surface area contributed by atoms with Gasteiger partial charge in [-0.2, -0.15) is 0 Å². The van der Waals surface area contributed by atoms with Crippen molar-refractivity contribution in [2.75, 3.05) is 0 Å². The Hall–Kier alpha value is -6.07. The Kier molecular flexibility index (Phi) is 4.42. The van der Waals surface area contributed by atoms with Crippen LogP contribution in [0.4, 0.5) is 0 Å². The predicted molar refractivity (Wildman–Crippen MR) is 176 cm³/mol. The SMILES string of the molecule is [2H]c1c([2H])c([2H])c(-c2nc(-c3ccccc3)nc(-c3cccc4oc5cc(-c6cccc7c6oc6ccccc67)ccc5c34)n2)c([2H])c1[2H]. The minimum Gasteiger partial charge on any atom is -0.456 e. The molecule has 0 aliphatic heterocycles. The van der Waals surface area contributed by atoms with Crippen LogP contribution in [0.15, 0.2) is 148 Å². The van der Waals surface area contributed by atoms with E-state index >= 15 is 0 Å². The molecule has 44 heavy (non-hydrogen) atoms. The average molecular weight is 571 g/mol. The third kappa shape index (κ3) is 3.91. The van der Waals surface area contributed by atoms with E-state index < -0.39 is 18.1 Å². The quantitative estimate of drug-likeness (QED) is 0.211. The van der Waals surface area contributed by atoms with Crippen LogP contribution in [0.2, 0.25) is 0 Å². The van der Waals surface area contributed by atoms with Crippen molar-refractivity contribution in [1.29, 1.82) is 0 Å². The van der Waals surface area contributed by atoms with Crippen molar-refractivity contribution in [2.24, 2.45) is 0 Å². The van der Waals surface area contributed by atoms with Crippen LogP contribution in [0, 0.1) is 0 Å². The van der Waals surface area contributed by atoms with Crippen LogP contribution < -0.4 is 0 Å². The standard InChI is InChI=1S/C39H23N3O2/c1-3-11-24(12-4-1)37-40-38(25-13-5-2-6-14-25)42-39(41-37)31-18-10-20-33-35(31)30-22-21-26(23-34(30)43-33)27-16-9-17-29-28-15-7-8-19-32(28)44-36(27)29/h1-23H/i1D,3D,4D,11D,12D. The van der Waals surface area contributed by atoms with E-state index in [9.17, 15) is 0 Å². The molecule has 206 valence electrons. The Morgan fingerprint density at radius 3 is 2.05 bits per heavy atom. The summed E-state index contributed by atoms with van der Waals surface area (Å²) in [7, 11) is 0. The second-order valence-corrected chi connectivity index (χ2v) is 10.4. The van der Waals surface area contributed by atoms with Gasteiger partial charge in [-0.25, -0.2) is 15.0 Å². The number of aromatic nitrogens is 3. The van der Waals surface area contributed by atoms with Gasteiger partial charge < -0.3 is 8.83 Å². The van der Waals surface area contributed by atoms with Crippen molar-refractivity contribution in [1.82, 2.24) is 15.0 Å². The van der Waals surface area contributed by atoms with E-state index in [2.05, 4.69) is 17.1 Å². The van der Waals surface area contributed by atoms with Crippen molar-refractivity contribution in [2.45, 2.75) is 0 Å². The van der Waals surface area contributed by atoms with E-state index in [-0.39, 0.29) is 29.3 Å². The number of fused-ring (bicyclic) bond motifs is 6.